The highest BCUT2D eigenvalue weighted by Gasteiger charge is 2.08. The molecule has 2 aromatic carbocycles. The van der Waals surface area contributed by atoms with Crippen LogP contribution in [0.2, 0.25) is 0 Å². The van der Waals surface area contributed by atoms with E-state index in [-0.39, 0.29) is 10.5 Å². The zero-order valence-electron chi connectivity index (χ0n) is 16.8. The van der Waals surface area contributed by atoms with E-state index in [4.69, 9.17) is 0 Å². The lowest BCUT2D eigenvalue weighted by atomic mass is 10.1. The van der Waals surface area contributed by atoms with E-state index in [1.165, 1.54) is 10.9 Å². The maximum atomic E-state index is 13.0. The lowest BCUT2D eigenvalue weighted by molar-refractivity contribution is 0.602. The van der Waals surface area contributed by atoms with E-state index < -0.39 is 9.84 Å². The first-order valence-electron chi connectivity index (χ1n) is 9.56. The van der Waals surface area contributed by atoms with Gasteiger partial charge in [-0.15, -0.1) is 0 Å². The lowest BCUT2D eigenvalue weighted by Crippen LogP contribution is -2.21. The van der Waals surface area contributed by atoms with Crippen LogP contribution in [0.15, 0.2) is 83.0 Å². The van der Waals surface area contributed by atoms with Crippen molar-refractivity contribution in [2.75, 3.05) is 6.26 Å². The molecule has 6 nitrogen and oxygen atoms in total. The second kappa shape index (κ2) is 8.54. The first-order valence-corrected chi connectivity index (χ1v) is 11.5. The molecule has 0 aliphatic heterocycles. The summed E-state index contributed by atoms with van der Waals surface area (Å²) in [5.41, 5.74) is 3.01. The third-order valence-corrected chi connectivity index (χ3v) is 5.90. The maximum Gasteiger partial charge on any atom is 0.261 e. The standard InChI is InChI=1S/C24H19N3O3S/c1-31(29,30)21-10-7-20(8-11-21)16-27-17-26-23-12-9-18(14-22(23)24(27)28)4-2-5-19-6-3-13-25-15-19/h3,6-15,17H,5,16H2,1H3. The zero-order chi connectivity index (χ0) is 21.8. The number of sulfone groups is 1. The number of pyridine rings is 1. The average molecular weight is 430 g/mol. The summed E-state index contributed by atoms with van der Waals surface area (Å²) in [6, 6.07) is 15.7. The molecule has 0 unspecified atom stereocenters. The number of benzene rings is 2. The van der Waals surface area contributed by atoms with E-state index in [0.717, 1.165) is 22.9 Å². The number of nitrogens with zero attached hydrogens (tertiary/aromatic N) is 3. The quantitative estimate of drug-likeness (QED) is 0.466. The van der Waals surface area contributed by atoms with E-state index in [0.29, 0.717) is 23.9 Å². The number of fused-ring (bicyclic) bond motifs is 1. The Morgan fingerprint density at radius 1 is 1.03 bits per heavy atom. The maximum absolute atomic E-state index is 13.0. The fourth-order valence-corrected chi connectivity index (χ4v) is 3.77. The predicted octanol–water partition coefficient (Wildman–Crippen LogP) is 2.84. The molecule has 0 aliphatic carbocycles. The Kier molecular flexibility index (Phi) is 5.65. The predicted molar refractivity (Wildman–Crippen MR) is 119 cm³/mol. The Hall–Kier alpha value is -3.76. The van der Waals surface area contributed by atoms with Crippen molar-refractivity contribution >= 4 is 20.7 Å². The van der Waals surface area contributed by atoms with Crippen molar-refractivity contribution in [1.82, 2.24) is 14.5 Å². The van der Waals surface area contributed by atoms with Gasteiger partial charge in [-0.3, -0.25) is 14.3 Å². The summed E-state index contributed by atoms with van der Waals surface area (Å²) in [6.45, 7) is 0.294. The first-order chi connectivity index (χ1) is 14.9. The van der Waals surface area contributed by atoms with Crippen molar-refractivity contribution in [2.45, 2.75) is 17.9 Å². The Bertz CT molecular complexity index is 1460. The fraction of sp³-hybridized carbons (Fsp3) is 0.125. The van der Waals surface area contributed by atoms with Gasteiger partial charge in [0, 0.05) is 30.6 Å². The van der Waals surface area contributed by atoms with Crippen LogP contribution >= 0.6 is 0 Å². The molecular weight excluding hydrogens is 410 g/mol. The minimum absolute atomic E-state index is 0.173. The SMILES string of the molecule is CS(=O)(=O)c1ccc(Cn2cnc3ccc(C#CCc4cccnc4)cc3c2=O)cc1. The molecular formula is C24H19N3O3S. The van der Waals surface area contributed by atoms with E-state index >= 15 is 0 Å². The van der Waals surface area contributed by atoms with Gasteiger partial charge < -0.3 is 0 Å². The molecule has 154 valence electrons. The van der Waals surface area contributed by atoms with Gasteiger partial charge in [0.2, 0.25) is 0 Å². The molecule has 0 aliphatic rings. The third kappa shape index (κ3) is 4.87. The van der Waals surface area contributed by atoms with Gasteiger partial charge in [-0.05, 0) is 47.5 Å². The van der Waals surface area contributed by atoms with Crippen LogP contribution in [0.25, 0.3) is 10.9 Å². The average Bonchev–Trinajstić information content (AvgIpc) is 2.76. The van der Waals surface area contributed by atoms with Crippen molar-refractivity contribution in [3.05, 3.63) is 100 Å². The highest BCUT2D eigenvalue weighted by Crippen LogP contribution is 2.13. The van der Waals surface area contributed by atoms with Crippen LogP contribution in [-0.4, -0.2) is 29.2 Å². The molecule has 31 heavy (non-hydrogen) atoms. The molecule has 7 heteroatoms. The molecule has 0 saturated heterocycles. The Balaban J connectivity index is 1.60. The molecule has 0 N–H and O–H groups in total. The zero-order valence-corrected chi connectivity index (χ0v) is 17.6. The molecule has 0 fully saturated rings. The molecule has 0 amide bonds. The highest BCUT2D eigenvalue weighted by molar-refractivity contribution is 7.90. The van der Waals surface area contributed by atoms with Crippen molar-refractivity contribution in [1.29, 1.82) is 0 Å². The molecule has 2 aromatic heterocycles. The molecule has 0 spiro atoms. The minimum Gasteiger partial charge on any atom is -0.294 e. The Morgan fingerprint density at radius 2 is 1.84 bits per heavy atom. The summed E-state index contributed by atoms with van der Waals surface area (Å²) in [7, 11) is -3.26. The number of aromatic nitrogens is 3. The summed E-state index contributed by atoms with van der Waals surface area (Å²) >= 11 is 0. The van der Waals surface area contributed by atoms with Gasteiger partial charge in [-0.2, -0.15) is 0 Å². The summed E-state index contributed by atoms with van der Waals surface area (Å²) in [4.78, 5) is 21.7. The van der Waals surface area contributed by atoms with Gasteiger partial charge in [-0.1, -0.05) is 30.0 Å². The molecule has 0 bridgehead atoms. The van der Waals surface area contributed by atoms with Crippen LogP contribution in [-0.2, 0) is 22.8 Å². The summed E-state index contributed by atoms with van der Waals surface area (Å²) in [5.74, 6) is 6.20. The molecule has 2 heterocycles. The van der Waals surface area contributed by atoms with Crippen LogP contribution in [0, 0.1) is 11.8 Å². The van der Waals surface area contributed by atoms with E-state index in [9.17, 15) is 13.2 Å². The molecule has 4 aromatic rings. The van der Waals surface area contributed by atoms with E-state index in [2.05, 4.69) is 21.8 Å². The van der Waals surface area contributed by atoms with Crippen LogP contribution in [0.4, 0.5) is 0 Å². The van der Waals surface area contributed by atoms with Gasteiger partial charge in [0.1, 0.15) is 0 Å². The topological polar surface area (TPSA) is 81.9 Å². The lowest BCUT2D eigenvalue weighted by Gasteiger charge is -2.08. The summed E-state index contributed by atoms with van der Waals surface area (Å²) < 4.78 is 24.7. The second-order valence-electron chi connectivity index (χ2n) is 7.17. The van der Waals surface area contributed by atoms with Crippen LogP contribution in [0.3, 0.4) is 0 Å². The molecule has 4 rings (SSSR count). The van der Waals surface area contributed by atoms with Crippen LogP contribution < -0.4 is 5.56 Å². The molecule has 0 atom stereocenters. The van der Waals surface area contributed by atoms with Gasteiger partial charge in [-0.25, -0.2) is 13.4 Å². The normalized spacial score (nSPS) is 11.1. The number of hydrogen-bond donors (Lipinski definition) is 0. The number of hydrogen-bond acceptors (Lipinski definition) is 5. The second-order valence-corrected chi connectivity index (χ2v) is 9.18. The van der Waals surface area contributed by atoms with E-state index in [1.54, 1.807) is 48.8 Å². The van der Waals surface area contributed by atoms with Crippen molar-refractivity contribution in [2.24, 2.45) is 0 Å². The molecule has 0 radical (unpaired) electrons. The highest BCUT2D eigenvalue weighted by atomic mass is 32.2. The van der Waals surface area contributed by atoms with E-state index in [1.807, 2.05) is 18.2 Å². The first kappa shape index (κ1) is 20.5. The van der Waals surface area contributed by atoms with Crippen LogP contribution in [0.5, 0.6) is 0 Å². The van der Waals surface area contributed by atoms with Crippen LogP contribution in [0.1, 0.15) is 16.7 Å². The van der Waals surface area contributed by atoms with Gasteiger partial charge >= 0.3 is 0 Å². The van der Waals surface area contributed by atoms with Gasteiger partial charge in [0.15, 0.2) is 9.84 Å². The fourth-order valence-electron chi connectivity index (χ4n) is 3.14. The summed E-state index contributed by atoms with van der Waals surface area (Å²) in [5, 5.41) is 0.489. The van der Waals surface area contributed by atoms with Crippen molar-refractivity contribution < 1.29 is 8.42 Å². The number of rotatable bonds is 4. The Labute approximate surface area is 180 Å². The third-order valence-electron chi connectivity index (χ3n) is 4.78. The summed E-state index contributed by atoms with van der Waals surface area (Å²) in [6.07, 6.45) is 6.74. The van der Waals surface area contributed by atoms with Gasteiger partial charge in [0.25, 0.3) is 5.56 Å². The minimum atomic E-state index is -3.26. The smallest absolute Gasteiger partial charge is 0.261 e. The monoisotopic (exact) mass is 429 g/mol. The van der Waals surface area contributed by atoms with Crippen molar-refractivity contribution in [3.63, 3.8) is 0 Å². The Morgan fingerprint density at radius 3 is 2.55 bits per heavy atom. The largest absolute Gasteiger partial charge is 0.294 e. The van der Waals surface area contributed by atoms with Crippen molar-refractivity contribution in [3.8, 4) is 11.8 Å². The molecule has 0 saturated carbocycles. The van der Waals surface area contributed by atoms with Gasteiger partial charge in [0.05, 0.1) is 28.7 Å².